The zero-order valence-corrected chi connectivity index (χ0v) is 11.2. The Hall–Kier alpha value is -2.16. The van der Waals surface area contributed by atoms with Crippen molar-refractivity contribution in [1.29, 1.82) is 0 Å². The lowest BCUT2D eigenvalue weighted by molar-refractivity contribution is 0.0600. The molecule has 3 heteroatoms. The molecule has 0 fully saturated rings. The standard InChI is InChI=1S/C16H15FO2/c1-10-4-5-12(6-11(10)2)13-7-14(16(18)19-3)9-15(17)8-13/h4-9H,1-3H3. The van der Waals surface area contributed by atoms with Crippen LogP contribution in [0.4, 0.5) is 4.39 Å². The van der Waals surface area contributed by atoms with Crippen molar-refractivity contribution >= 4 is 5.97 Å². The summed E-state index contributed by atoms with van der Waals surface area (Å²) < 4.78 is 18.2. The van der Waals surface area contributed by atoms with Crippen molar-refractivity contribution in [3.8, 4) is 11.1 Å². The van der Waals surface area contributed by atoms with Gasteiger partial charge in [-0.05, 0) is 54.3 Å². The van der Waals surface area contributed by atoms with Gasteiger partial charge >= 0.3 is 5.97 Å². The number of benzene rings is 2. The minimum Gasteiger partial charge on any atom is -0.465 e. The molecule has 0 saturated carbocycles. The average molecular weight is 258 g/mol. The zero-order valence-electron chi connectivity index (χ0n) is 11.2. The van der Waals surface area contributed by atoms with Gasteiger partial charge in [-0.15, -0.1) is 0 Å². The number of halogens is 1. The second-order valence-corrected chi connectivity index (χ2v) is 4.52. The highest BCUT2D eigenvalue weighted by Crippen LogP contribution is 2.24. The molecule has 0 bridgehead atoms. The summed E-state index contributed by atoms with van der Waals surface area (Å²) >= 11 is 0. The Labute approximate surface area is 111 Å². The molecule has 0 saturated heterocycles. The highest BCUT2D eigenvalue weighted by atomic mass is 19.1. The Bertz CT molecular complexity index is 633. The van der Waals surface area contributed by atoms with Crippen LogP contribution in [0.25, 0.3) is 11.1 Å². The molecule has 0 amide bonds. The molecule has 0 spiro atoms. The van der Waals surface area contributed by atoms with Crippen LogP contribution < -0.4 is 0 Å². The van der Waals surface area contributed by atoms with Crippen molar-refractivity contribution in [2.24, 2.45) is 0 Å². The van der Waals surface area contributed by atoms with E-state index in [0.29, 0.717) is 5.56 Å². The van der Waals surface area contributed by atoms with Crippen molar-refractivity contribution in [1.82, 2.24) is 0 Å². The molecule has 0 N–H and O–H groups in total. The van der Waals surface area contributed by atoms with E-state index in [2.05, 4.69) is 4.74 Å². The van der Waals surface area contributed by atoms with E-state index in [1.807, 2.05) is 32.0 Å². The van der Waals surface area contributed by atoms with Gasteiger partial charge in [0.1, 0.15) is 5.82 Å². The first kappa shape index (κ1) is 13.3. The maximum atomic E-state index is 13.6. The van der Waals surface area contributed by atoms with Gasteiger partial charge in [0.15, 0.2) is 0 Å². The molecule has 98 valence electrons. The van der Waals surface area contributed by atoms with Crippen LogP contribution in [-0.4, -0.2) is 13.1 Å². The highest BCUT2D eigenvalue weighted by molar-refractivity contribution is 5.91. The SMILES string of the molecule is COC(=O)c1cc(F)cc(-c2ccc(C)c(C)c2)c1. The molecule has 2 rings (SSSR count). The lowest BCUT2D eigenvalue weighted by Crippen LogP contribution is -2.02. The number of carbonyl (C=O) groups is 1. The van der Waals surface area contributed by atoms with Crippen LogP contribution >= 0.6 is 0 Å². The summed E-state index contributed by atoms with van der Waals surface area (Å²) in [5.41, 5.74) is 4.07. The lowest BCUT2D eigenvalue weighted by Gasteiger charge is -2.08. The quantitative estimate of drug-likeness (QED) is 0.764. The first-order valence-electron chi connectivity index (χ1n) is 5.98. The molecule has 0 aliphatic rings. The monoisotopic (exact) mass is 258 g/mol. The molecule has 0 unspecified atom stereocenters. The van der Waals surface area contributed by atoms with Gasteiger partial charge < -0.3 is 4.74 Å². The molecule has 0 aliphatic carbocycles. The smallest absolute Gasteiger partial charge is 0.337 e. The van der Waals surface area contributed by atoms with E-state index in [9.17, 15) is 9.18 Å². The number of hydrogen-bond donors (Lipinski definition) is 0. The third-order valence-electron chi connectivity index (χ3n) is 3.16. The second-order valence-electron chi connectivity index (χ2n) is 4.52. The van der Waals surface area contributed by atoms with Crippen LogP contribution in [0.3, 0.4) is 0 Å². The van der Waals surface area contributed by atoms with Crippen molar-refractivity contribution in [2.75, 3.05) is 7.11 Å². The third kappa shape index (κ3) is 2.81. The summed E-state index contributed by atoms with van der Waals surface area (Å²) in [5, 5.41) is 0. The molecule has 0 aromatic heterocycles. The van der Waals surface area contributed by atoms with Crippen molar-refractivity contribution < 1.29 is 13.9 Å². The van der Waals surface area contributed by atoms with Gasteiger partial charge in [0.2, 0.25) is 0 Å². The van der Waals surface area contributed by atoms with E-state index >= 15 is 0 Å². The second kappa shape index (κ2) is 5.22. The number of hydrogen-bond acceptors (Lipinski definition) is 2. The van der Waals surface area contributed by atoms with Crippen LogP contribution in [-0.2, 0) is 4.74 Å². The van der Waals surface area contributed by atoms with Gasteiger partial charge in [-0.1, -0.05) is 18.2 Å². The number of methoxy groups -OCH3 is 1. The predicted octanol–water partition coefficient (Wildman–Crippen LogP) is 3.90. The van der Waals surface area contributed by atoms with Gasteiger partial charge in [-0.3, -0.25) is 0 Å². The first-order valence-corrected chi connectivity index (χ1v) is 5.98. The van der Waals surface area contributed by atoms with Gasteiger partial charge in [0.25, 0.3) is 0 Å². The van der Waals surface area contributed by atoms with E-state index in [4.69, 9.17) is 0 Å². The van der Waals surface area contributed by atoms with E-state index in [1.54, 1.807) is 6.07 Å². The van der Waals surface area contributed by atoms with E-state index in [1.165, 1.54) is 24.8 Å². The molecular weight excluding hydrogens is 243 g/mol. The van der Waals surface area contributed by atoms with E-state index in [-0.39, 0.29) is 5.56 Å². The van der Waals surface area contributed by atoms with Crippen LogP contribution in [0.5, 0.6) is 0 Å². The Morgan fingerprint density at radius 3 is 2.37 bits per heavy atom. The normalized spacial score (nSPS) is 10.3. The van der Waals surface area contributed by atoms with Crippen molar-refractivity contribution in [3.63, 3.8) is 0 Å². The Morgan fingerprint density at radius 2 is 1.74 bits per heavy atom. The van der Waals surface area contributed by atoms with Crippen LogP contribution in [0.15, 0.2) is 36.4 Å². The summed E-state index contributed by atoms with van der Waals surface area (Å²) in [7, 11) is 1.28. The van der Waals surface area contributed by atoms with E-state index < -0.39 is 11.8 Å². The molecule has 0 aliphatic heterocycles. The fourth-order valence-corrected chi connectivity index (χ4v) is 1.91. The molecule has 0 atom stereocenters. The number of aryl methyl sites for hydroxylation is 2. The van der Waals surface area contributed by atoms with Crippen molar-refractivity contribution in [2.45, 2.75) is 13.8 Å². The van der Waals surface area contributed by atoms with E-state index in [0.717, 1.165) is 11.1 Å². The summed E-state index contributed by atoms with van der Waals surface area (Å²) in [4.78, 5) is 11.5. The fourth-order valence-electron chi connectivity index (χ4n) is 1.91. The molecule has 0 heterocycles. The Balaban J connectivity index is 2.52. The summed E-state index contributed by atoms with van der Waals surface area (Å²) in [6, 6.07) is 10.1. The molecule has 2 nitrogen and oxygen atoms in total. The average Bonchev–Trinajstić information content (AvgIpc) is 2.40. The summed E-state index contributed by atoms with van der Waals surface area (Å²) in [6.07, 6.45) is 0. The minimum absolute atomic E-state index is 0.218. The number of carbonyl (C=O) groups excluding carboxylic acids is 1. The highest BCUT2D eigenvalue weighted by Gasteiger charge is 2.10. The largest absolute Gasteiger partial charge is 0.465 e. The summed E-state index contributed by atoms with van der Waals surface area (Å²) in [5.74, 6) is -0.985. The third-order valence-corrected chi connectivity index (χ3v) is 3.16. The van der Waals surface area contributed by atoms with Crippen molar-refractivity contribution in [3.05, 3.63) is 58.9 Å². The summed E-state index contributed by atoms with van der Waals surface area (Å²) in [6.45, 7) is 4.02. The molecule has 2 aromatic carbocycles. The van der Waals surface area contributed by atoms with Crippen LogP contribution in [0, 0.1) is 19.7 Å². The van der Waals surface area contributed by atoms with Crippen LogP contribution in [0.1, 0.15) is 21.5 Å². The Kier molecular flexibility index (Phi) is 3.65. The number of esters is 1. The van der Waals surface area contributed by atoms with Gasteiger partial charge in [0.05, 0.1) is 12.7 Å². The first-order chi connectivity index (χ1) is 9.01. The Morgan fingerprint density at radius 1 is 1.00 bits per heavy atom. The molecule has 19 heavy (non-hydrogen) atoms. The lowest BCUT2D eigenvalue weighted by atomic mass is 9.99. The number of ether oxygens (including phenoxy) is 1. The molecule has 0 radical (unpaired) electrons. The fraction of sp³-hybridized carbons (Fsp3) is 0.188. The maximum Gasteiger partial charge on any atom is 0.337 e. The van der Waals surface area contributed by atoms with Gasteiger partial charge in [-0.2, -0.15) is 0 Å². The van der Waals surface area contributed by atoms with Crippen LogP contribution in [0.2, 0.25) is 0 Å². The predicted molar refractivity (Wildman–Crippen MR) is 72.6 cm³/mol. The minimum atomic E-state index is -0.537. The van der Waals surface area contributed by atoms with Gasteiger partial charge in [0, 0.05) is 0 Å². The number of rotatable bonds is 2. The molecular formula is C16H15FO2. The zero-order chi connectivity index (χ0) is 14.0. The van der Waals surface area contributed by atoms with Gasteiger partial charge in [-0.25, -0.2) is 9.18 Å². The maximum absolute atomic E-state index is 13.6. The molecule has 2 aromatic rings. The topological polar surface area (TPSA) is 26.3 Å².